The Labute approximate surface area is 35.4 Å². The molecule has 6 heavy (non-hydrogen) atoms. The maximum atomic E-state index is 10.6. The first-order valence-electron chi connectivity index (χ1n) is 0.931. The van der Waals surface area contributed by atoms with Crippen molar-refractivity contribution < 1.29 is 17.9 Å². The fourth-order valence-corrected chi connectivity index (χ4v) is 0. The molecule has 0 heterocycles. The Morgan fingerprint density at radius 1 is 1.83 bits per heavy atom. The molecule has 1 atom stereocenters. The molecule has 0 aliphatic carbocycles. The molecular weight excluding hydrogens is 111 g/mol. The SMILES string of the molecule is O=C(F)S(=O)[O-]. The number of carbonyl (C=O) groups excluding carboxylic acids is 1. The predicted octanol–water partition coefficient (Wildman–Crippen LogP) is -0.0450. The van der Waals surface area contributed by atoms with Gasteiger partial charge >= 0.3 is 5.37 Å². The number of carbonyl (C=O) groups is 1. The summed E-state index contributed by atoms with van der Waals surface area (Å²) >= 11 is -3.17. The Balaban J connectivity index is 3.57. The highest BCUT2D eigenvalue weighted by Crippen LogP contribution is 1.78. The van der Waals surface area contributed by atoms with Crippen LogP contribution in [0.25, 0.3) is 0 Å². The van der Waals surface area contributed by atoms with Crippen LogP contribution in [0.1, 0.15) is 0 Å². The summed E-state index contributed by atoms with van der Waals surface area (Å²) in [6.45, 7) is 0. The lowest BCUT2D eigenvalue weighted by Crippen LogP contribution is -1.93. The Bertz CT molecular complexity index is 76.8. The van der Waals surface area contributed by atoms with Crippen molar-refractivity contribution in [3.8, 4) is 0 Å². The topological polar surface area (TPSA) is 57.2 Å². The van der Waals surface area contributed by atoms with E-state index in [0.717, 1.165) is 0 Å². The summed E-state index contributed by atoms with van der Waals surface area (Å²) in [5.74, 6) is 0. The second-order valence-electron chi connectivity index (χ2n) is 0.472. The smallest absolute Gasteiger partial charge is 0.375 e. The average molecular weight is 111 g/mol. The van der Waals surface area contributed by atoms with Gasteiger partial charge in [0.25, 0.3) is 0 Å². The molecule has 0 spiro atoms. The van der Waals surface area contributed by atoms with E-state index in [9.17, 15) is 4.39 Å². The van der Waals surface area contributed by atoms with Gasteiger partial charge in [0, 0.05) is 11.1 Å². The summed E-state index contributed by atoms with van der Waals surface area (Å²) in [5.41, 5.74) is 0. The minimum atomic E-state index is -3.17. The van der Waals surface area contributed by atoms with Crippen LogP contribution in [-0.2, 0) is 11.1 Å². The van der Waals surface area contributed by atoms with Gasteiger partial charge in [-0.05, 0) is 0 Å². The molecule has 0 aromatic heterocycles. The molecule has 3 nitrogen and oxygen atoms in total. The highest BCUT2D eigenvalue weighted by Gasteiger charge is 1.90. The monoisotopic (exact) mass is 111 g/mol. The predicted molar refractivity (Wildman–Crippen MR) is 15.4 cm³/mol. The van der Waals surface area contributed by atoms with E-state index in [1.165, 1.54) is 0 Å². The van der Waals surface area contributed by atoms with E-state index in [4.69, 9.17) is 13.6 Å². The number of rotatable bonds is 0. The third-order valence-electron chi connectivity index (χ3n) is 0.131. The van der Waals surface area contributed by atoms with Crippen LogP contribution in [0.5, 0.6) is 0 Å². The quantitative estimate of drug-likeness (QED) is 0.325. The van der Waals surface area contributed by atoms with Crippen LogP contribution in [-0.4, -0.2) is 14.1 Å². The second-order valence-corrected chi connectivity index (χ2v) is 1.26. The van der Waals surface area contributed by atoms with Crippen LogP contribution < -0.4 is 0 Å². The van der Waals surface area contributed by atoms with Crippen molar-refractivity contribution >= 4 is 16.4 Å². The first-order valence-corrected chi connectivity index (χ1v) is 2.01. The van der Waals surface area contributed by atoms with Gasteiger partial charge in [0.15, 0.2) is 0 Å². The molecular formula is CFO3S-. The maximum Gasteiger partial charge on any atom is 0.375 e. The summed E-state index contributed by atoms with van der Waals surface area (Å²) in [4.78, 5) is 8.86. The van der Waals surface area contributed by atoms with Gasteiger partial charge in [0.2, 0.25) is 0 Å². The number of halogens is 1. The molecule has 0 aromatic rings. The van der Waals surface area contributed by atoms with Crippen LogP contribution in [0.15, 0.2) is 0 Å². The van der Waals surface area contributed by atoms with E-state index in [1.54, 1.807) is 0 Å². The number of hydrogen-bond acceptors (Lipinski definition) is 3. The first kappa shape index (κ1) is 5.71. The van der Waals surface area contributed by atoms with Crippen molar-refractivity contribution in [3.05, 3.63) is 0 Å². The van der Waals surface area contributed by atoms with Gasteiger partial charge in [-0.15, -0.1) is 0 Å². The molecule has 0 fully saturated rings. The fraction of sp³-hybridized carbons (Fsp3) is 0. The molecule has 0 aliphatic rings. The van der Waals surface area contributed by atoms with Gasteiger partial charge in [-0.1, -0.05) is 0 Å². The lowest BCUT2D eigenvalue weighted by Gasteiger charge is -1.88. The Hall–Kier alpha value is -0.290. The fourth-order valence-electron chi connectivity index (χ4n) is 0. The molecule has 0 rings (SSSR count). The van der Waals surface area contributed by atoms with Crippen molar-refractivity contribution in [2.75, 3.05) is 0 Å². The van der Waals surface area contributed by atoms with Gasteiger partial charge in [0.1, 0.15) is 0 Å². The molecule has 36 valence electrons. The third-order valence-corrected chi connectivity index (χ3v) is 0.393. The first-order chi connectivity index (χ1) is 2.64. The Morgan fingerprint density at radius 2 is 2.00 bits per heavy atom. The van der Waals surface area contributed by atoms with Crippen LogP contribution >= 0.6 is 0 Å². The molecule has 0 aliphatic heterocycles. The normalized spacial score (nSPS) is 13.7. The number of hydrogen-bond donors (Lipinski definition) is 0. The third kappa shape index (κ3) is 1.98. The highest BCUT2D eigenvalue weighted by atomic mass is 32.2. The summed E-state index contributed by atoms with van der Waals surface area (Å²) in [7, 11) is 0. The molecule has 0 aromatic carbocycles. The van der Waals surface area contributed by atoms with Crippen LogP contribution in [0.4, 0.5) is 9.18 Å². The molecule has 0 amide bonds. The van der Waals surface area contributed by atoms with Gasteiger partial charge in [-0.25, -0.2) is 4.79 Å². The van der Waals surface area contributed by atoms with E-state index >= 15 is 0 Å². The molecule has 5 heteroatoms. The summed E-state index contributed by atoms with van der Waals surface area (Å²) in [5, 5.41) is -2.32. The molecule has 1 unspecified atom stereocenters. The summed E-state index contributed by atoms with van der Waals surface area (Å²) in [6, 6.07) is 0. The Morgan fingerprint density at radius 3 is 2.00 bits per heavy atom. The zero-order chi connectivity index (χ0) is 5.15. The van der Waals surface area contributed by atoms with Gasteiger partial charge in [0.05, 0.1) is 0 Å². The second kappa shape index (κ2) is 1.99. The summed E-state index contributed by atoms with van der Waals surface area (Å²) < 4.78 is 28.5. The molecule has 0 saturated carbocycles. The van der Waals surface area contributed by atoms with Crippen LogP contribution in [0.2, 0.25) is 0 Å². The van der Waals surface area contributed by atoms with Crippen LogP contribution in [0, 0.1) is 0 Å². The maximum absolute atomic E-state index is 10.6. The van der Waals surface area contributed by atoms with Gasteiger partial charge < -0.3 is 4.55 Å². The summed E-state index contributed by atoms with van der Waals surface area (Å²) in [6.07, 6.45) is 0. The van der Waals surface area contributed by atoms with Gasteiger partial charge in [-0.3, -0.25) is 4.21 Å². The zero-order valence-corrected chi connectivity index (χ0v) is 3.33. The van der Waals surface area contributed by atoms with E-state index in [-0.39, 0.29) is 0 Å². The lowest BCUT2D eigenvalue weighted by atomic mass is 11.7. The highest BCUT2D eigenvalue weighted by molar-refractivity contribution is 7.94. The van der Waals surface area contributed by atoms with Crippen molar-refractivity contribution in [2.24, 2.45) is 0 Å². The average Bonchev–Trinajstić information content (AvgIpc) is 1.36. The Kier molecular flexibility index (Phi) is 1.89. The minimum Gasteiger partial charge on any atom is -0.764 e. The standard InChI is InChI=1S/CHFO3S/c2-1(3)6(4)5/h(H,4,5)/p-1. The van der Waals surface area contributed by atoms with E-state index in [0.29, 0.717) is 0 Å². The van der Waals surface area contributed by atoms with E-state index in [2.05, 4.69) is 0 Å². The van der Waals surface area contributed by atoms with Crippen molar-refractivity contribution in [1.82, 2.24) is 0 Å². The van der Waals surface area contributed by atoms with E-state index in [1.807, 2.05) is 0 Å². The van der Waals surface area contributed by atoms with Crippen molar-refractivity contribution in [2.45, 2.75) is 0 Å². The molecule has 0 saturated heterocycles. The van der Waals surface area contributed by atoms with Crippen molar-refractivity contribution in [3.63, 3.8) is 0 Å². The zero-order valence-electron chi connectivity index (χ0n) is 2.51. The molecule has 0 radical (unpaired) electrons. The van der Waals surface area contributed by atoms with Gasteiger partial charge in [-0.2, -0.15) is 4.39 Å². The minimum absolute atomic E-state index is 2.32. The van der Waals surface area contributed by atoms with E-state index < -0.39 is 16.4 Å². The molecule has 0 N–H and O–H groups in total. The van der Waals surface area contributed by atoms with Crippen molar-refractivity contribution in [1.29, 1.82) is 0 Å². The lowest BCUT2D eigenvalue weighted by molar-refractivity contribution is 0.241. The molecule has 0 bridgehead atoms. The largest absolute Gasteiger partial charge is 0.764 e. The van der Waals surface area contributed by atoms with Crippen LogP contribution in [0.3, 0.4) is 0 Å².